The van der Waals surface area contributed by atoms with Gasteiger partial charge in [0.15, 0.2) is 9.84 Å². The second-order valence-corrected chi connectivity index (χ2v) is 12.5. The maximum atomic E-state index is 13.2. The van der Waals surface area contributed by atoms with Crippen molar-refractivity contribution in [2.45, 2.75) is 63.9 Å². The van der Waals surface area contributed by atoms with E-state index < -0.39 is 9.84 Å². The smallest absolute Gasteiger partial charge is 0.306 e. The van der Waals surface area contributed by atoms with Gasteiger partial charge in [-0.25, -0.2) is 8.42 Å². The van der Waals surface area contributed by atoms with Crippen molar-refractivity contribution in [3.05, 3.63) is 66.2 Å². The fourth-order valence-electron chi connectivity index (χ4n) is 6.24. The Morgan fingerprint density at radius 3 is 2.25 bits per heavy atom. The lowest BCUT2D eigenvalue weighted by molar-refractivity contribution is -0.160. The summed E-state index contributed by atoms with van der Waals surface area (Å²) in [7, 11) is -3.47. The molecule has 4 nitrogen and oxygen atoms in total. The van der Waals surface area contributed by atoms with Crippen LogP contribution < -0.4 is 0 Å². The van der Waals surface area contributed by atoms with Gasteiger partial charge in [0.1, 0.15) is 6.10 Å². The van der Waals surface area contributed by atoms with Crippen molar-refractivity contribution in [3.63, 3.8) is 0 Å². The molecule has 0 N–H and O–H groups in total. The zero-order valence-corrected chi connectivity index (χ0v) is 20.3. The molecule has 2 aliphatic carbocycles. The van der Waals surface area contributed by atoms with Gasteiger partial charge in [-0.1, -0.05) is 76.2 Å². The molecule has 0 spiro atoms. The second kappa shape index (κ2) is 8.33. The first-order valence-electron chi connectivity index (χ1n) is 11.6. The molecule has 0 aliphatic heterocycles. The highest BCUT2D eigenvalue weighted by Gasteiger charge is 2.68. The highest BCUT2D eigenvalue weighted by molar-refractivity contribution is 7.91. The highest BCUT2D eigenvalue weighted by atomic mass is 32.2. The molecular formula is C27H34O4S. The van der Waals surface area contributed by atoms with E-state index in [0.717, 1.165) is 18.4 Å². The number of esters is 1. The third kappa shape index (κ3) is 3.89. The van der Waals surface area contributed by atoms with E-state index in [1.807, 2.05) is 43.3 Å². The van der Waals surface area contributed by atoms with Crippen molar-refractivity contribution in [1.29, 1.82) is 0 Å². The number of rotatable bonds is 7. The van der Waals surface area contributed by atoms with Crippen LogP contribution >= 0.6 is 0 Å². The molecule has 5 heteroatoms. The first kappa shape index (κ1) is 23.0. The Hall–Kier alpha value is -2.14. The summed E-state index contributed by atoms with van der Waals surface area (Å²) in [5, 5.41) is 0. The fraction of sp³-hybridized carbons (Fsp3) is 0.519. The van der Waals surface area contributed by atoms with Crippen LogP contribution in [-0.4, -0.2) is 26.2 Å². The topological polar surface area (TPSA) is 60.4 Å². The van der Waals surface area contributed by atoms with Gasteiger partial charge in [-0.05, 0) is 47.8 Å². The van der Waals surface area contributed by atoms with Crippen molar-refractivity contribution in [1.82, 2.24) is 0 Å². The molecule has 0 aromatic heterocycles. The minimum Gasteiger partial charge on any atom is -0.461 e. The molecule has 2 saturated carbocycles. The van der Waals surface area contributed by atoms with Gasteiger partial charge in [0.25, 0.3) is 0 Å². The van der Waals surface area contributed by atoms with Crippen LogP contribution in [0.5, 0.6) is 0 Å². The van der Waals surface area contributed by atoms with Gasteiger partial charge in [-0.3, -0.25) is 4.79 Å². The van der Waals surface area contributed by atoms with Crippen LogP contribution in [-0.2, 0) is 19.4 Å². The quantitative estimate of drug-likeness (QED) is 0.508. The maximum absolute atomic E-state index is 13.2. The van der Waals surface area contributed by atoms with E-state index in [1.54, 1.807) is 24.3 Å². The molecule has 0 saturated heterocycles. The van der Waals surface area contributed by atoms with E-state index in [0.29, 0.717) is 11.3 Å². The summed E-state index contributed by atoms with van der Waals surface area (Å²) < 4.78 is 32.6. The van der Waals surface area contributed by atoms with Gasteiger partial charge in [-0.15, -0.1) is 0 Å². The number of fused-ring (bicyclic) bond motifs is 2. The summed E-state index contributed by atoms with van der Waals surface area (Å²) in [6.07, 6.45) is 1.84. The van der Waals surface area contributed by atoms with E-state index in [-0.39, 0.29) is 46.4 Å². The SMILES string of the molecule is C[C@@H](CC(=O)O[C@H]1[C@@H](CS(=O)(=O)c2ccccc2)[C@H]2CC[C@]1(C)C2(C)C)c1ccccc1. The molecule has 32 heavy (non-hydrogen) atoms. The largest absolute Gasteiger partial charge is 0.461 e. The number of hydrogen-bond donors (Lipinski definition) is 0. The lowest BCUT2D eigenvalue weighted by Crippen LogP contribution is -2.43. The fourth-order valence-corrected chi connectivity index (χ4v) is 7.92. The van der Waals surface area contributed by atoms with Crippen molar-refractivity contribution in [3.8, 4) is 0 Å². The zero-order chi connectivity index (χ0) is 23.1. The first-order valence-corrected chi connectivity index (χ1v) is 13.2. The van der Waals surface area contributed by atoms with E-state index in [2.05, 4.69) is 20.8 Å². The van der Waals surface area contributed by atoms with Crippen LogP contribution in [0.1, 0.15) is 58.4 Å². The van der Waals surface area contributed by atoms with Gasteiger partial charge in [0.2, 0.25) is 0 Å². The zero-order valence-electron chi connectivity index (χ0n) is 19.5. The lowest BCUT2D eigenvalue weighted by Gasteiger charge is -2.39. The van der Waals surface area contributed by atoms with Gasteiger partial charge in [-0.2, -0.15) is 0 Å². The van der Waals surface area contributed by atoms with Crippen LogP contribution in [0.3, 0.4) is 0 Å². The summed E-state index contributed by atoms with van der Waals surface area (Å²) in [5.74, 6) is -0.139. The van der Waals surface area contributed by atoms with E-state index in [9.17, 15) is 13.2 Å². The average molecular weight is 455 g/mol. The second-order valence-electron chi connectivity index (χ2n) is 10.5. The molecule has 5 atom stereocenters. The molecule has 0 unspecified atom stereocenters. The molecular weight excluding hydrogens is 420 g/mol. The monoisotopic (exact) mass is 454 g/mol. The average Bonchev–Trinajstić information content (AvgIpc) is 3.08. The number of sulfone groups is 1. The van der Waals surface area contributed by atoms with Crippen LogP contribution in [0.15, 0.2) is 65.6 Å². The molecule has 2 aliphatic rings. The Morgan fingerprint density at radius 2 is 1.62 bits per heavy atom. The Labute approximate surface area is 192 Å². The standard InChI is InChI=1S/C27H34O4S/c1-19(20-11-7-5-8-12-20)17-24(28)31-25-22(23-15-16-27(25,4)26(23,2)3)18-32(29,30)21-13-9-6-10-14-21/h5-14,19,22-23,25H,15-18H2,1-4H3/t19-,22-,23+,25-,27-/m0/s1. The Morgan fingerprint density at radius 1 is 1.03 bits per heavy atom. The van der Waals surface area contributed by atoms with E-state index in [4.69, 9.17) is 4.74 Å². The third-order valence-corrected chi connectivity index (χ3v) is 10.3. The first-order chi connectivity index (χ1) is 15.1. The number of carbonyl (C=O) groups excluding carboxylic acids is 1. The number of hydrogen-bond acceptors (Lipinski definition) is 4. The van der Waals surface area contributed by atoms with Crippen molar-refractivity contribution in [2.24, 2.45) is 22.7 Å². The van der Waals surface area contributed by atoms with Crippen LogP contribution in [0.2, 0.25) is 0 Å². The van der Waals surface area contributed by atoms with Gasteiger partial charge in [0.05, 0.1) is 17.1 Å². The van der Waals surface area contributed by atoms with Gasteiger partial charge >= 0.3 is 5.97 Å². The third-order valence-electron chi connectivity index (χ3n) is 8.52. The minimum atomic E-state index is -3.47. The van der Waals surface area contributed by atoms with Gasteiger partial charge in [0, 0.05) is 11.3 Å². The summed E-state index contributed by atoms with van der Waals surface area (Å²) in [6.45, 7) is 8.64. The molecule has 172 valence electrons. The predicted octanol–water partition coefficient (Wildman–Crippen LogP) is 5.64. The lowest BCUT2D eigenvalue weighted by atomic mass is 9.70. The molecule has 0 radical (unpaired) electrons. The number of benzene rings is 2. The van der Waals surface area contributed by atoms with E-state index in [1.165, 1.54) is 0 Å². The minimum absolute atomic E-state index is 0.0207. The maximum Gasteiger partial charge on any atom is 0.306 e. The van der Waals surface area contributed by atoms with E-state index >= 15 is 0 Å². The molecule has 2 bridgehead atoms. The van der Waals surface area contributed by atoms with Crippen LogP contribution in [0.25, 0.3) is 0 Å². The van der Waals surface area contributed by atoms with Crippen LogP contribution in [0, 0.1) is 22.7 Å². The highest BCUT2D eigenvalue weighted by Crippen LogP contribution is 2.68. The van der Waals surface area contributed by atoms with Crippen molar-refractivity contribution >= 4 is 15.8 Å². The molecule has 0 heterocycles. The molecule has 2 fully saturated rings. The molecule has 4 rings (SSSR count). The summed E-state index contributed by atoms with van der Waals surface area (Å²) >= 11 is 0. The van der Waals surface area contributed by atoms with Crippen molar-refractivity contribution in [2.75, 3.05) is 5.75 Å². The summed E-state index contributed by atoms with van der Waals surface area (Å²) in [6, 6.07) is 18.6. The number of ether oxygens (including phenoxy) is 1. The Bertz CT molecular complexity index is 1060. The van der Waals surface area contributed by atoms with Gasteiger partial charge < -0.3 is 4.74 Å². The van der Waals surface area contributed by atoms with Crippen LogP contribution in [0.4, 0.5) is 0 Å². The number of carbonyl (C=O) groups is 1. The molecule has 0 amide bonds. The Kier molecular flexibility index (Phi) is 6.00. The summed E-state index contributed by atoms with van der Waals surface area (Å²) in [4.78, 5) is 13.4. The predicted molar refractivity (Wildman–Crippen MR) is 126 cm³/mol. The molecule has 2 aromatic rings. The molecule has 2 aromatic carbocycles. The Balaban J connectivity index is 1.56. The van der Waals surface area contributed by atoms with Crippen molar-refractivity contribution < 1.29 is 17.9 Å². The summed E-state index contributed by atoms with van der Waals surface area (Å²) in [5.41, 5.74) is 0.798. The normalized spacial score (nSPS) is 29.6.